The lowest BCUT2D eigenvalue weighted by molar-refractivity contribution is -0.129. The van der Waals surface area contributed by atoms with Crippen molar-refractivity contribution in [1.82, 2.24) is 15.8 Å². The maximum Gasteiger partial charge on any atom is 0.293 e. The number of aromatic nitrogens is 1. The third-order valence-corrected chi connectivity index (χ3v) is 1.81. The summed E-state index contributed by atoms with van der Waals surface area (Å²) in [4.78, 5) is 23.4. The Kier molecular flexibility index (Phi) is 8.30. The fraction of sp³-hybridized carbons (Fsp3) is 0.500. The van der Waals surface area contributed by atoms with E-state index in [2.05, 4.69) is 20.6 Å². The molecule has 0 spiro atoms. The molecule has 1 heterocycles. The average molecular weight is 255 g/mol. The Morgan fingerprint density at radius 2 is 2.22 bits per heavy atom. The number of rotatable bonds is 5. The Labute approximate surface area is 107 Å². The summed E-state index contributed by atoms with van der Waals surface area (Å²) in [6.45, 7) is 6.91. The maximum atomic E-state index is 11.1. The molecule has 0 aliphatic carbocycles. The van der Waals surface area contributed by atoms with Gasteiger partial charge in [-0.1, -0.05) is 13.8 Å². The number of carbonyl (C=O) groups excluding carboxylic acids is 2. The van der Waals surface area contributed by atoms with Crippen molar-refractivity contribution in [2.24, 2.45) is 5.92 Å². The van der Waals surface area contributed by atoms with Crippen LogP contribution in [0.3, 0.4) is 0 Å². The first kappa shape index (κ1) is 16.2. The summed E-state index contributed by atoms with van der Waals surface area (Å²) in [6, 6.07) is 1.78. The summed E-state index contributed by atoms with van der Waals surface area (Å²) in [7, 11) is 1.65. The van der Waals surface area contributed by atoms with Gasteiger partial charge in [-0.25, -0.2) is 5.43 Å². The van der Waals surface area contributed by atoms with E-state index in [4.69, 9.17) is 0 Å². The SMILES string of the molecule is CC(C)COC=O.CNNC(=O)c1cc(C)c[nH]1. The molecule has 0 radical (unpaired) electrons. The van der Waals surface area contributed by atoms with Crippen molar-refractivity contribution in [3.63, 3.8) is 0 Å². The van der Waals surface area contributed by atoms with Crippen LogP contribution in [0, 0.1) is 12.8 Å². The van der Waals surface area contributed by atoms with E-state index in [9.17, 15) is 9.59 Å². The maximum absolute atomic E-state index is 11.1. The summed E-state index contributed by atoms with van der Waals surface area (Å²) in [5, 5.41) is 0. The average Bonchev–Trinajstić information content (AvgIpc) is 2.74. The number of carbonyl (C=O) groups is 2. The Morgan fingerprint density at radius 3 is 2.56 bits per heavy atom. The highest BCUT2D eigenvalue weighted by Gasteiger charge is 2.04. The van der Waals surface area contributed by atoms with Gasteiger partial charge >= 0.3 is 0 Å². The van der Waals surface area contributed by atoms with E-state index >= 15 is 0 Å². The standard InChI is InChI=1S/C7H11N3O.C5H10O2/c1-5-3-6(9-4-5)7(11)10-8-2;1-5(2)3-7-4-6/h3-4,8-9H,1-2H3,(H,10,11);4-5H,3H2,1-2H3. The van der Waals surface area contributed by atoms with Gasteiger partial charge in [0.25, 0.3) is 12.4 Å². The van der Waals surface area contributed by atoms with Crippen molar-refractivity contribution in [3.8, 4) is 0 Å². The van der Waals surface area contributed by atoms with E-state index in [1.54, 1.807) is 19.3 Å². The second kappa shape index (κ2) is 9.23. The van der Waals surface area contributed by atoms with Gasteiger partial charge in [-0.2, -0.15) is 0 Å². The molecule has 0 fully saturated rings. The van der Waals surface area contributed by atoms with Gasteiger partial charge in [-0.15, -0.1) is 0 Å². The molecule has 102 valence electrons. The summed E-state index contributed by atoms with van der Waals surface area (Å²) in [5.41, 5.74) is 6.62. The lowest BCUT2D eigenvalue weighted by atomic mass is 10.2. The van der Waals surface area contributed by atoms with Crippen LogP contribution in [0.5, 0.6) is 0 Å². The second-order valence-electron chi connectivity index (χ2n) is 4.12. The molecule has 0 saturated heterocycles. The van der Waals surface area contributed by atoms with Gasteiger partial charge in [-0.3, -0.25) is 15.0 Å². The minimum absolute atomic E-state index is 0.152. The van der Waals surface area contributed by atoms with Crippen LogP contribution < -0.4 is 10.9 Å². The molecule has 0 aliphatic heterocycles. The number of ether oxygens (including phenoxy) is 1. The third-order valence-electron chi connectivity index (χ3n) is 1.81. The lowest BCUT2D eigenvalue weighted by Crippen LogP contribution is -2.34. The van der Waals surface area contributed by atoms with Crippen LogP contribution in [0.25, 0.3) is 0 Å². The Balaban J connectivity index is 0.000000360. The molecule has 0 bridgehead atoms. The summed E-state index contributed by atoms with van der Waals surface area (Å²) < 4.78 is 4.41. The molecule has 0 unspecified atom stereocenters. The Bertz CT molecular complexity index is 361. The van der Waals surface area contributed by atoms with Gasteiger partial charge in [0.2, 0.25) is 0 Å². The van der Waals surface area contributed by atoms with Crippen LogP contribution in [0.15, 0.2) is 12.3 Å². The molecule has 3 N–H and O–H groups in total. The molecule has 0 aromatic carbocycles. The van der Waals surface area contributed by atoms with E-state index in [0.29, 0.717) is 24.7 Å². The van der Waals surface area contributed by atoms with Gasteiger partial charge in [0.05, 0.1) is 6.61 Å². The van der Waals surface area contributed by atoms with E-state index in [1.807, 2.05) is 20.8 Å². The molecular formula is C12H21N3O3. The van der Waals surface area contributed by atoms with Crippen LogP contribution >= 0.6 is 0 Å². The second-order valence-corrected chi connectivity index (χ2v) is 4.12. The van der Waals surface area contributed by atoms with Gasteiger partial charge in [0, 0.05) is 13.2 Å². The minimum Gasteiger partial charge on any atom is -0.468 e. The molecule has 1 amide bonds. The van der Waals surface area contributed by atoms with Crippen LogP contribution in [-0.2, 0) is 9.53 Å². The van der Waals surface area contributed by atoms with E-state index in [1.165, 1.54) is 0 Å². The number of hydrogen-bond donors (Lipinski definition) is 3. The normalized spacial score (nSPS) is 9.39. The molecular weight excluding hydrogens is 234 g/mol. The molecule has 1 aromatic rings. The Hall–Kier alpha value is -1.82. The van der Waals surface area contributed by atoms with E-state index in [-0.39, 0.29) is 5.91 Å². The van der Waals surface area contributed by atoms with Crippen molar-refractivity contribution in [2.45, 2.75) is 20.8 Å². The summed E-state index contributed by atoms with van der Waals surface area (Å²) in [6.07, 6.45) is 1.78. The zero-order valence-corrected chi connectivity index (χ0v) is 11.2. The molecule has 6 nitrogen and oxygen atoms in total. The van der Waals surface area contributed by atoms with Crippen molar-refractivity contribution >= 4 is 12.4 Å². The first-order valence-corrected chi connectivity index (χ1v) is 5.68. The summed E-state index contributed by atoms with van der Waals surface area (Å²) >= 11 is 0. The third kappa shape index (κ3) is 7.45. The van der Waals surface area contributed by atoms with Crippen LogP contribution in [0.1, 0.15) is 29.9 Å². The highest BCUT2D eigenvalue weighted by Crippen LogP contribution is 1.99. The van der Waals surface area contributed by atoms with E-state index < -0.39 is 0 Å². The number of aryl methyl sites for hydroxylation is 1. The number of aromatic amines is 1. The molecule has 6 heteroatoms. The topological polar surface area (TPSA) is 83.2 Å². The van der Waals surface area contributed by atoms with Crippen LogP contribution in [0.4, 0.5) is 0 Å². The first-order chi connectivity index (χ1) is 8.51. The van der Waals surface area contributed by atoms with Crippen LogP contribution in [-0.4, -0.2) is 31.0 Å². The molecule has 0 aliphatic rings. The largest absolute Gasteiger partial charge is 0.468 e. The van der Waals surface area contributed by atoms with Gasteiger partial charge in [0.1, 0.15) is 5.69 Å². The molecule has 18 heavy (non-hydrogen) atoms. The minimum atomic E-state index is -0.152. The zero-order valence-electron chi connectivity index (χ0n) is 11.2. The summed E-state index contributed by atoms with van der Waals surface area (Å²) in [5.74, 6) is 0.297. The predicted octanol–water partition coefficient (Wildman–Crippen LogP) is 1.00. The lowest BCUT2D eigenvalue weighted by Gasteiger charge is -1.98. The highest BCUT2D eigenvalue weighted by atomic mass is 16.5. The number of amides is 1. The quantitative estimate of drug-likeness (QED) is 0.541. The monoisotopic (exact) mass is 255 g/mol. The van der Waals surface area contributed by atoms with E-state index in [0.717, 1.165) is 5.56 Å². The first-order valence-electron chi connectivity index (χ1n) is 5.68. The van der Waals surface area contributed by atoms with Crippen molar-refractivity contribution in [1.29, 1.82) is 0 Å². The molecule has 1 rings (SSSR count). The van der Waals surface area contributed by atoms with Crippen molar-refractivity contribution in [2.75, 3.05) is 13.7 Å². The number of nitrogens with one attached hydrogen (secondary N) is 3. The van der Waals surface area contributed by atoms with Crippen LogP contribution in [0.2, 0.25) is 0 Å². The highest BCUT2D eigenvalue weighted by molar-refractivity contribution is 5.92. The molecule has 1 aromatic heterocycles. The van der Waals surface area contributed by atoms with Crippen molar-refractivity contribution in [3.05, 3.63) is 23.5 Å². The van der Waals surface area contributed by atoms with Gasteiger partial charge < -0.3 is 9.72 Å². The molecule has 0 saturated carbocycles. The Morgan fingerprint density at radius 1 is 1.56 bits per heavy atom. The smallest absolute Gasteiger partial charge is 0.293 e. The van der Waals surface area contributed by atoms with Crippen molar-refractivity contribution < 1.29 is 14.3 Å². The number of hydrogen-bond acceptors (Lipinski definition) is 4. The number of H-pyrrole nitrogens is 1. The van der Waals surface area contributed by atoms with Gasteiger partial charge in [-0.05, 0) is 24.5 Å². The molecule has 0 atom stereocenters. The predicted molar refractivity (Wildman–Crippen MR) is 68.9 cm³/mol. The number of hydrazine groups is 1. The fourth-order valence-electron chi connectivity index (χ4n) is 1.05. The fourth-order valence-corrected chi connectivity index (χ4v) is 1.05. The van der Waals surface area contributed by atoms with Gasteiger partial charge in [0.15, 0.2) is 0 Å². The zero-order chi connectivity index (χ0) is 14.0.